The molecule has 0 aliphatic carbocycles. The van der Waals surface area contributed by atoms with Crippen LogP contribution in [0.15, 0.2) is 66.2 Å². The van der Waals surface area contributed by atoms with Gasteiger partial charge < -0.3 is 14.9 Å². The highest BCUT2D eigenvalue weighted by Crippen LogP contribution is 2.30. The van der Waals surface area contributed by atoms with Gasteiger partial charge in [0.25, 0.3) is 0 Å². The number of hydrogen-bond donors (Lipinski definition) is 1. The number of hydrogen-bond acceptors (Lipinski definition) is 4. The molecule has 1 atom stereocenters. The second-order valence-electron chi connectivity index (χ2n) is 6.04. The molecule has 3 rings (SSSR count). The van der Waals surface area contributed by atoms with E-state index < -0.39 is 6.17 Å². The minimum atomic E-state index is -1.30. The van der Waals surface area contributed by atoms with Crippen LogP contribution in [0.5, 0.6) is 11.5 Å². The van der Waals surface area contributed by atoms with Gasteiger partial charge in [-0.25, -0.2) is 4.39 Å². The summed E-state index contributed by atoms with van der Waals surface area (Å²) in [5, 5.41) is 2.40. The molecule has 2 aromatic carbocycles. The smallest absolute Gasteiger partial charge is 0.146 e. The molecule has 0 radical (unpaired) electrons. The Morgan fingerprint density at radius 1 is 1.15 bits per heavy atom. The minimum Gasteiger partial charge on any atom is -0.497 e. The standard InChI is InChI=1S/C20H19Cl2FN2O2/c1-13-8-17(27-16-5-3-4-15(10-16)26-2)11-25(24-13)12-20(23)18-7-6-14(21)9-19(18)22/h3-11,20,24H,12H2,1-2H3. The summed E-state index contributed by atoms with van der Waals surface area (Å²) in [7, 11) is 1.60. The van der Waals surface area contributed by atoms with Crippen LogP contribution >= 0.6 is 23.2 Å². The van der Waals surface area contributed by atoms with Crippen molar-refractivity contribution in [1.82, 2.24) is 10.4 Å². The van der Waals surface area contributed by atoms with Gasteiger partial charge in [-0.15, -0.1) is 0 Å². The zero-order valence-corrected chi connectivity index (χ0v) is 16.4. The summed E-state index contributed by atoms with van der Waals surface area (Å²) in [5.74, 6) is 1.90. The third-order valence-electron chi connectivity index (χ3n) is 3.90. The molecule has 0 bridgehead atoms. The second-order valence-corrected chi connectivity index (χ2v) is 6.88. The van der Waals surface area contributed by atoms with E-state index in [2.05, 4.69) is 5.43 Å². The number of nitrogens with one attached hydrogen (secondary N) is 1. The fourth-order valence-corrected chi connectivity index (χ4v) is 3.20. The van der Waals surface area contributed by atoms with Crippen molar-refractivity contribution in [2.45, 2.75) is 13.1 Å². The van der Waals surface area contributed by atoms with Crippen molar-refractivity contribution >= 4 is 23.2 Å². The van der Waals surface area contributed by atoms with Gasteiger partial charge >= 0.3 is 0 Å². The lowest BCUT2D eigenvalue weighted by Gasteiger charge is -2.29. The SMILES string of the molecule is COc1cccc(OC2=CN(CC(F)c3ccc(Cl)cc3Cl)NC(C)=C2)c1. The quantitative estimate of drug-likeness (QED) is 0.668. The van der Waals surface area contributed by atoms with Crippen LogP contribution in [0.3, 0.4) is 0 Å². The van der Waals surface area contributed by atoms with Gasteiger partial charge in [0, 0.05) is 33.4 Å². The van der Waals surface area contributed by atoms with E-state index in [1.807, 2.05) is 31.2 Å². The van der Waals surface area contributed by atoms with E-state index in [4.69, 9.17) is 32.7 Å². The van der Waals surface area contributed by atoms with Crippen molar-refractivity contribution in [3.8, 4) is 11.5 Å². The summed E-state index contributed by atoms with van der Waals surface area (Å²) in [5.41, 5.74) is 4.30. The largest absolute Gasteiger partial charge is 0.497 e. The fraction of sp³-hybridized carbons (Fsp3) is 0.200. The molecule has 27 heavy (non-hydrogen) atoms. The average Bonchev–Trinajstić information content (AvgIpc) is 2.61. The summed E-state index contributed by atoms with van der Waals surface area (Å²) in [4.78, 5) is 0. The van der Waals surface area contributed by atoms with Crippen LogP contribution in [0.25, 0.3) is 0 Å². The summed E-state index contributed by atoms with van der Waals surface area (Å²) < 4.78 is 25.9. The first-order chi connectivity index (χ1) is 12.9. The number of alkyl halides is 1. The fourth-order valence-electron chi connectivity index (χ4n) is 2.68. The van der Waals surface area contributed by atoms with Crippen LogP contribution in [0.2, 0.25) is 10.0 Å². The highest BCUT2D eigenvalue weighted by molar-refractivity contribution is 6.35. The molecular weight excluding hydrogens is 390 g/mol. The van der Waals surface area contributed by atoms with E-state index in [9.17, 15) is 4.39 Å². The molecule has 0 saturated carbocycles. The van der Waals surface area contributed by atoms with E-state index in [0.717, 1.165) is 5.70 Å². The maximum Gasteiger partial charge on any atom is 0.146 e. The molecule has 0 saturated heterocycles. The van der Waals surface area contributed by atoms with Crippen molar-refractivity contribution < 1.29 is 13.9 Å². The maximum atomic E-state index is 14.8. The van der Waals surface area contributed by atoms with E-state index in [1.54, 1.807) is 36.5 Å². The molecule has 0 amide bonds. The Morgan fingerprint density at radius 2 is 1.93 bits per heavy atom. The zero-order chi connectivity index (χ0) is 19.4. The molecule has 1 heterocycles. The van der Waals surface area contributed by atoms with Gasteiger partial charge in [0.2, 0.25) is 0 Å². The molecule has 1 aliphatic heterocycles. The Morgan fingerprint density at radius 3 is 2.67 bits per heavy atom. The number of ether oxygens (including phenoxy) is 2. The summed E-state index contributed by atoms with van der Waals surface area (Å²) in [6, 6.07) is 12.0. The molecule has 7 heteroatoms. The lowest BCUT2D eigenvalue weighted by Crippen LogP contribution is -2.37. The molecule has 0 aromatic heterocycles. The van der Waals surface area contributed by atoms with Crippen LogP contribution in [-0.2, 0) is 0 Å². The molecular formula is C20H19Cl2FN2O2. The molecule has 4 nitrogen and oxygen atoms in total. The summed E-state index contributed by atoms with van der Waals surface area (Å²) in [6.45, 7) is 1.93. The van der Waals surface area contributed by atoms with E-state index in [1.165, 1.54) is 6.07 Å². The zero-order valence-electron chi connectivity index (χ0n) is 14.9. The first-order valence-electron chi connectivity index (χ1n) is 8.29. The Hall–Kier alpha value is -2.37. The van der Waals surface area contributed by atoms with Crippen molar-refractivity contribution in [3.63, 3.8) is 0 Å². The highest BCUT2D eigenvalue weighted by Gasteiger charge is 2.19. The minimum absolute atomic E-state index is 0.0531. The first kappa shape index (κ1) is 19.4. The molecule has 0 fully saturated rings. The topological polar surface area (TPSA) is 33.7 Å². The van der Waals surface area contributed by atoms with Crippen molar-refractivity contribution in [3.05, 3.63) is 81.8 Å². The Balaban J connectivity index is 1.73. The van der Waals surface area contributed by atoms with E-state index in [0.29, 0.717) is 32.9 Å². The number of hydrazine groups is 1. The summed E-state index contributed by atoms with van der Waals surface area (Å²) >= 11 is 12.0. The maximum absolute atomic E-state index is 14.8. The van der Waals surface area contributed by atoms with Gasteiger partial charge in [-0.1, -0.05) is 35.3 Å². The average molecular weight is 409 g/mol. The molecule has 142 valence electrons. The van der Waals surface area contributed by atoms with Crippen LogP contribution in [-0.4, -0.2) is 18.7 Å². The van der Waals surface area contributed by atoms with Crippen LogP contribution < -0.4 is 14.9 Å². The van der Waals surface area contributed by atoms with Gasteiger partial charge in [-0.2, -0.15) is 0 Å². The lowest BCUT2D eigenvalue weighted by molar-refractivity contribution is 0.197. The van der Waals surface area contributed by atoms with Crippen molar-refractivity contribution in [2.24, 2.45) is 0 Å². The Kier molecular flexibility index (Phi) is 6.14. The monoisotopic (exact) mass is 408 g/mol. The Labute approximate surface area is 167 Å². The highest BCUT2D eigenvalue weighted by atomic mass is 35.5. The van der Waals surface area contributed by atoms with Gasteiger partial charge in [-0.3, -0.25) is 5.01 Å². The van der Waals surface area contributed by atoms with Gasteiger partial charge in [0.05, 0.1) is 19.9 Å². The predicted molar refractivity (Wildman–Crippen MR) is 106 cm³/mol. The van der Waals surface area contributed by atoms with Crippen molar-refractivity contribution in [2.75, 3.05) is 13.7 Å². The number of allylic oxidation sites excluding steroid dienone is 2. The van der Waals surface area contributed by atoms with Gasteiger partial charge in [0.15, 0.2) is 0 Å². The Bertz CT molecular complexity index is 886. The molecule has 1 aliphatic rings. The predicted octanol–water partition coefficient (Wildman–Crippen LogP) is 5.66. The van der Waals surface area contributed by atoms with Crippen LogP contribution in [0.1, 0.15) is 18.7 Å². The number of methoxy groups -OCH3 is 1. The second kappa shape index (κ2) is 8.55. The number of halogens is 3. The van der Waals surface area contributed by atoms with E-state index >= 15 is 0 Å². The molecule has 1 unspecified atom stereocenters. The van der Waals surface area contributed by atoms with Crippen LogP contribution in [0, 0.1) is 0 Å². The van der Waals surface area contributed by atoms with Crippen LogP contribution in [0.4, 0.5) is 4.39 Å². The lowest BCUT2D eigenvalue weighted by atomic mass is 10.1. The van der Waals surface area contributed by atoms with E-state index in [-0.39, 0.29) is 6.54 Å². The third kappa shape index (κ3) is 5.08. The molecule has 1 N–H and O–H groups in total. The normalized spacial score (nSPS) is 14.8. The molecule has 2 aromatic rings. The van der Waals surface area contributed by atoms with Gasteiger partial charge in [0.1, 0.15) is 23.4 Å². The third-order valence-corrected chi connectivity index (χ3v) is 4.46. The number of rotatable bonds is 6. The van der Waals surface area contributed by atoms with Crippen molar-refractivity contribution in [1.29, 1.82) is 0 Å². The number of nitrogens with zero attached hydrogens (tertiary/aromatic N) is 1. The summed E-state index contributed by atoms with van der Waals surface area (Å²) in [6.07, 6.45) is 2.23. The number of benzene rings is 2. The first-order valence-corrected chi connectivity index (χ1v) is 9.04. The molecule has 0 spiro atoms. The van der Waals surface area contributed by atoms with Gasteiger partial charge in [-0.05, 0) is 31.2 Å².